The molecule has 0 bridgehead atoms. The average Bonchev–Trinajstić information content (AvgIpc) is 2.17. The Hall–Kier alpha value is -1.49. The van der Waals surface area contributed by atoms with Gasteiger partial charge in [0.2, 0.25) is 5.91 Å². The Morgan fingerprint density at radius 3 is 2.93 bits per heavy atom. The SMILES string of the molecule is CN(C(=O)CC(N)=S)c1cccnc1. The number of rotatable bonds is 3. The van der Waals surface area contributed by atoms with Gasteiger partial charge in [-0.15, -0.1) is 0 Å². The lowest BCUT2D eigenvalue weighted by molar-refractivity contribution is -0.117. The highest BCUT2D eigenvalue weighted by Gasteiger charge is 2.11. The maximum Gasteiger partial charge on any atom is 0.233 e. The summed E-state index contributed by atoms with van der Waals surface area (Å²) in [6, 6.07) is 3.56. The second-order valence-electron chi connectivity index (χ2n) is 2.81. The van der Waals surface area contributed by atoms with E-state index in [2.05, 4.69) is 17.2 Å². The molecule has 0 unspecified atom stereocenters. The Labute approximate surface area is 87.7 Å². The van der Waals surface area contributed by atoms with Gasteiger partial charge in [-0.1, -0.05) is 12.2 Å². The molecule has 0 spiro atoms. The summed E-state index contributed by atoms with van der Waals surface area (Å²) in [4.78, 5) is 17.1. The summed E-state index contributed by atoms with van der Waals surface area (Å²) in [6.07, 6.45) is 3.34. The molecule has 0 fully saturated rings. The molecule has 14 heavy (non-hydrogen) atoms. The highest BCUT2D eigenvalue weighted by molar-refractivity contribution is 7.80. The standard InChI is InChI=1S/C9H11N3OS/c1-12(9(13)5-8(10)14)7-3-2-4-11-6-7/h2-4,6H,5H2,1H3,(H2,10,14). The van der Waals surface area contributed by atoms with Crippen LogP contribution < -0.4 is 10.6 Å². The van der Waals surface area contributed by atoms with Gasteiger partial charge in [0, 0.05) is 13.2 Å². The van der Waals surface area contributed by atoms with E-state index in [4.69, 9.17) is 5.73 Å². The zero-order valence-electron chi connectivity index (χ0n) is 7.80. The van der Waals surface area contributed by atoms with Crippen molar-refractivity contribution in [1.82, 2.24) is 4.98 Å². The summed E-state index contributed by atoms with van der Waals surface area (Å²) in [7, 11) is 1.66. The molecular formula is C9H11N3OS. The van der Waals surface area contributed by atoms with Crippen LogP contribution in [0.25, 0.3) is 0 Å². The zero-order chi connectivity index (χ0) is 10.6. The smallest absolute Gasteiger partial charge is 0.233 e. The van der Waals surface area contributed by atoms with Crippen molar-refractivity contribution in [2.24, 2.45) is 5.73 Å². The third-order valence-electron chi connectivity index (χ3n) is 1.73. The van der Waals surface area contributed by atoms with Crippen molar-refractivity contribution >= 4 is 28.8 Å². The van der Waals surface area contributed by atoms with E-state index in [0.29, 0.717) is 0 Å². The van der Waals surface area contributed by atoms with E-state index < -0.39 is 0 Å². The molecule has 1 amide bonds. The summed E-state index contributed by atoms with van der Waals surface area (Å²) in [5.74, 6) is -0.134. The van der Waals surface area contributed by atoms with Gasteiger partial charge >= 0.3 is 0 Å². The van der Waals surface area contributed by atoms with Gasteiger partial charge in [0.25, 0.3) is 0 Å². The molecule has 0 atom stereocenters. The average molecular weight is 209 g/mol. The molecule has 1 aromatic rings. The first-order valence-corrected chi connectivity index (χ1v) is 4.47. The van der Waals surface area contributed by atoms with E-state index in [-0.39, 0.29) is 17.3 Å². The number of hydrogen-bond donors (Lipinski definition) is 1. The lowest BCUT2D eigenvalue weighted by atomic mass is 10.3. The topological polar surface area (TPSA) is 59.2 Å². The minimum absolute atomic E-state index is 0.0841. The van der Waals surface area contributed by atoms with Crippen LogP contribution in [0.3, 0.4) is 0 Å². The fraction of sp³-hybridized carbons (Fsp3) is 0.222. The molecular weight excluding hydrogens is 198 g/mol. The van der Waals surface area contributed by atoms with Crippen LogP contribution in [0.1, 0.15) is 6.42 Å². The number of pyridine rings is 1. The van der Waals surface area contributed by atoms with E-state index in [9.17, 15) is 4.79 Å². The zero-order valence-corrected chi connectivity index (χ0v) is 8.62. The first-order chi connectivity index (χ1) is 6.61. The number of carbonyl (C=O) groups excluding carboxylic acids is 1. The summed E-state index contributed by atoms with van der Waals surface area (Å²) >= 11 is 4.66. The van der Waals surface area contributed by atoms with Crippen molar-refractivity contribution < 1.29 is 4.79 Å². The van der Waals surface area contributed by atoms with Gasteiger partial charge in [-0.05, 0) is 12.1 Å². The Morgan fingerprint density at radius 2 is 2.43 bits per heavy atom. The van der Waals surface area contributed by atoms with E-state index in [1.165, 1.54) is 4.90 Å². The fourth-order valence-electron chi connectivity index (χ4n) is 0.964. The summed E-state index contributed by atoms with van der Waals surface area (Å²) in [6.45, 7) is 0. The Bertz CT molecular complexity index is 339. The normalized spacial score (nSPS) is 9.50. The second kappa shape index (κ2) is 4.66. The van der Waals surface area contributed by atoms with E-state index >= 15 is 0 Å². The van der Waals surface area contributed by atoms with Crippen molar-refractivity contribution in [2.75, 3.05) is 11.9 Å². The van der Waals surface area contributed by atoms with Crippen molar-refractivity contribution in [2.45, 2.75) is 6.42 Å². The lowest BCUT2D eigenvalue weighted by Gasteiger charge is -2.15. The van der Waals surface area contributed by atoms with Crippen LogP contribution in [0.2, 0.25) is 0 Å². The van der Waals surface area contributed by atoms with Crippen LogP contribution in [0.5, 0.6) is 0 Å². The number of carbonyl (C=O) groups is 1. The number of thiocarbonyl (C=S) groups is 1. The number of nitrogens with two attached hydrogens (primary N) is 1. The maximum absolute atomic E-state index is 11.5. The predicted octanol–water partition coefficient (Wildman–Crippen LogP) is 0.721. The molecule has 0 saturated heterocycles. The van der Waals surface area contributed by atoms with Gasteiger partial charge in [0.1, 0.15) is 0 Å². The number of nitrogens with zero attached hydrogens (tertiary/aromatic N) is 2. The van der Waals surface area contributed by atoms with Gasteiger partial charge in [-0.25, -0.2) is 0 Å². The summed E-state index contributed by atoms with van der Waals surface area (Å²) in [5.41, 5.74) is 6.01. The first kappa shape index (κ1) is 10.6. The van der Waals surface area contributed by atoms with Crippen molar-refractivity contribution in [1.29, 1.82) is 0 Å². The van der Waals surface area contributed by atoms with Crippen LogP contribution in [-0.4, -0.2) is 22.9 Å². The molecule has 0 aliphatic carbocycles. The van der Waals surface area contributed by atoms with Crippen LogP contribution in [0.15, 0.2) is 24.5 Å². The minimum atomic E-state index is -0.134. The monoisotopic (exact) mass is 209 g/mol. The molecule has 0 aromatic carbocycles. The first-order valence-electron chi connectivity index (χ1n) is 4.06. The van der Waals surface area contributed by atoms with Crippen molar-refractivity contribution in [3.63, 3.8) is 0 Å². The number of amides is 1. The largest absolute Gasteiger partial charge is 0.393 e. The fourth-order valence-corrected chi connectivity index (χ4v) is 1.09. The third kappa shape index (κ3) is 2.77. The van der Waals surface area contributed by atoms with Crippen LogP contribution in [0.4, 0.5) is 5.69 Å². The number of hydrogen-bond acceptors (Lipinski definition) is 3. The lowest BCUT2D eigenvalue weighted by Crippen LogP contribution is -2.29. The molecule has 74 valence electrons. The van der Waals surface area contributed by atoms with Gasteiger partial charge < -0.3 is 10.6 Å². The molecule has 1 aromatic heterocycles. The molecule has 1 heterocycles. The highest BCUT2D eigenvalue weighted by atomic mass is 32.1. The molecule has 1 rings (SSSR count). The molecule has 4 nitrogen and oxygen atoms in total. The van der Waals surface area contributed by atoms with E-state index in [0.717, 1.165) is 5.69 Å². The minimum Gasteiger partial charge on any atom is -0.393 e. The molecule has 0 aliphatic heterocycles. The Kier molecular flexibility index (Phi) is 3.53. The van der Waals surface area contributed by atoms with Crippen LogP contribution in [-0.2, 0) is 4.79 Å². The molecule has 0 aliphatic rings. The second-order valence-corrected chi connectivity index (χ2v) is 3.33. The predicted molar refractivity (Wildman–Crippen MR) is 59.0 cm³/mol. The van der Waals surface area contributed by atoms with E-state index in [1.807, 2.05) is 0 Å². The van der Waals surface area contributed by atoms with Gasteiger partial charge in [0.15, 0.2) is 0 Å². The Morgan fingerprint density at radius 1 is 1.71 bits per heavy atom. The van der Waals surface area contributed by atoms with Gasteiger partial charge in [-0.3, -0.25) is 9.78 Å². The quantitative estimate of drug-likeness (QED) is 0.745. The molecule has 5 heteroatoms. The highest BCUT2D eigenvalue weighted by Crippen LogP contribution is 2.10. The maximum atomic E-state index is 11.5. The van der Waals surface area contributed by atoms with Crippen LogP contribution in [0, 0.1) is 0 Å². The van der Waals surface area contributed by atoms with Crippen molar-refractivity contribution in [3.8, 4) is 0 Å². The third-order valence-corrected chi connectivity index (χ3v) is 1.88. The summed E-state index contributed by atoms with van der Waals surface area (Å²) in [5, 5.41) is 0. The van der Waals surface area contributed by atoms with E-state index in [1.54, 1.807) is 31.6 Å². The van der Waals surface area contributed by atoms with Crippen molar-refractivity contribution in [3.05, 3.63) is 24.5 Å². The van der Waals surface area contributed by atoms with Gasteiger partial charge in [0.05, 0.1) is 23.3 Å². The Balaban J connectivity index is 2.71. The van der Waals surface area contributed by atoms with Gasteiger partial charge in [-0.2, -0.15) is 0 Å². The number of aromatic nitrogens is 1. The molecule has 0 saturated carbocycles. The summed E-state index contributed by atoms with van der Waals surface area (Å²) < 4.78 is 0. The molecule has 2 N–H and O–H groups in total. The number of anilines is 1. The molecule has 0 radical (unpaired) electrons. The van der Waals surface area contributed by atoms with Crippen LogP contribution >= 0.6 is 12.2 Å².